The fraction of sp³-hybridized carbons (Fsp3) is 0.100. The fourth-order valence-corrected chi connectivity index (χ4v) is 1.38. The number of rotatable bonds is 6. The number of nitrogens with zero attached hydrogens (tertiary/aromatic N) is 2. The minimum absolute atomic E-state index is 0.600. The molecule has 0 bridgehead atoms. The Morgan fingerprint density at radius 3 is 1.68 bits per heavy atom. The van der Waals surface area contributed by atoms with Crippen LogP contribution in [0.4, 0.5) is 11.4 Å². The smallest absolute Gasteiger partial charge is 0.338 e. The molecule has 22 heavy (non-hydrogen) atoms. The van der Waals surface area contributed by atoms with Crippen molar-refractivity contribution in [3.05, 3.63) is 44.0 Å². The number of non-ortho nitro benzene ring substituents is 2. The molecule has 0 saturated carbocycles. The Kier molecular flexibility index (Phi) is 4.69. The maximum atomic E-state index is 11.7. The van der Waals surface area contributed by atoms with E-state index in [1.165, 1.54) is 0 Å². The molecular formula is C10H7N3O9. The number of nitro groups is 2. The average Bonchev–Trinajstić information content (AvgIpc) is 2.42. The summed E-state index contributed by atoms with van der Waals surface area (Å²) in [6, 6.07) is -0.389. The Hall–Kier alpha value is -3.57. The molecule has 1 rings (SSSR count). The first-order valence-corrected chi connectivity index (χ1v) is 5.34. The number of hydrogen-bond acceptors (Lipinski definition) is 7. The van der Waals surface area contributed by atoms with Gasteiger partial charge in [-0.3, -0.25) is 25.0 Å². The molecule has 3 N–H and O–H groups in total. The van der Waals surface area contributed by atoms with Gasteiger partial charge in [0.1, 0.15) is 0 Å². The van der Waals surface area contributed by atoms with Crippen molar-refractivity contribution in [2.24, 2.45) is 0 Å². The largest absolute Gasteiger partial charge is 0.479 e. The summed E-state index contributed by atoms with van der Waals surface area (Å²) in [6.07, 6.45) is 0. The summed E-state index contributed by atoms with van der Waals surface area (Å²) < 4.78 is 0. The van der Waals surface area contributed by atoms with Gasteiger partial charge in [-0.05, 0) is 0 Å². The van der Waals surface area contributed by atoms with Crippen LogP contribution in [0.3, 0.4) is 0 Å². The van der Waals surface area contributed by atoms with Crippen LogP contribution in [0, 0.1) is 20.2 Å². The molecule has 12 nitrogen and oxygen atoms in total. The van der Waals surface area contributed by atoms with Crippen molar-refractivity contribution in [1.82, 2.24) is 5.32 Å². The van der Waals surface area contributed by atoms with E-state index in [-0.39, 0.29) is 0 Å². The molecule has 1 aromatic carbocycles. The topological polar surface area (TPSA) is 190 Å². The van der Waals surface area contributed by atoms with Crippen LogP contribution in [-0.4, -0.2) is 43.9 Å². The van der Waals surface area contributed by atoms with E-state index >= 15 is 0 Å². The number of nitrogens with one attached hydrogen (secondary N) is 1. The van der Waals surface area contributed by atoms with E-state index in [0.717, 1.165) is 0 Å². The number of carbonyl (C=O) groups is 3. The molecule has 0 saturated heterocycles. The molecule has 0 heterocycles. The molecule has 1 aromatic rings. The number of carboxylic acids is 2. The van der Waals surface area contributed by atoms with Gasteiger partial charge >= 0.3 is 11.9 Å². The molecule has 0 radical (unpaired) electrons. The van der Waals surface area contributed by atoms with Crippen LogP contribution in [0.25, 0.3) is 0 Å². The van der Waals surface area contributed by atoms with E-state index in [4.69, 9.17) is 10.2 Å². The molecule has 116 valence electrons. The number of aliphatic carboxylic acids is 2. The SMILES string of the molecule is O=C(NC(C(=O)O)C(=O)O)c1cc([N+](=O)[O-])cc([N+](=O)[O-])c1. The van der Waals surface area contributed by atoms with E-state index < -0.39 is 50.7 Å². The maximum absolute atomic E-state index is 11.7. The van der Waals surface area contributed by atoms with Gasteiger partial charge in [0.25, 0.3) is 17.3 Å². The van der Waals surface area contributed by atoms with Gasteiger partial charge in [0, 0.05) is 12.1 Å². The zero-order chi connectivity index (χ0) is 17.0. The number of amides is 1. The second-order valence-corrected chi connectivity index (χ2v) is 3.84. The van der Waals surface area contributed by atoms with Gasteiger partial charge in [-0.15, -0.1) is 0 Å². The maximum Gasteiger partial charge on any atom is 0.338 e. The number of hydrogen-bond donors (Lipinski definition) is 3. The molecule has 12 heteroatoms. The van der Waals surface area contributed by atoms with E-state index in [2.05, 4.69) is 0 Å². The van der Waals surface area contributed by atoms with E-state index in [1.54, 1.807) is 5.32 Å². The van der Waals surface area contributed by atoms with Gasteiger partial charge in [-0.1, -0.05) is 0 Å². The van der Waals surface area contributed by atoms with Crippen LogP contribution in [0.1, 0.15) is 10.4 Å². The fourth-order valence-electron chi connectivity index (χ4n) is 1.38. The summed E-state index contributed by atoms with van der Waals surface area (Å²) in [5, 5.41) is 40.1. The predicted molar refractivity (Wildman–Crippen MR) is 66.3 cm³/mol. The quantitative estimate of drug-likeness (QED) is 0.361. The Balaban J connectivity index is 3.22. The van der Waals surface area contributed by atoms with Crippen LogP contribution < -0.4 is 5.32 Å². The minimum atomic E-state index is -2.30. The first kappa shape index (κ1) is 16.5. The zero-order valence-electron chi connectivity index (χ0n) is 10.5. The molecule has 0 atom stereocenters. The highest BCUT2D eigenvalue weighted by atomic mass is 16.6. The zero-order valence-corrected chi connectivity index (χ0v) is 10.5. The first-order valence-electron chi connectivity index (χ1n) is 5.34. The van der Waals surface area contributed by atoms with Gasteiger partial charge in [0.2, 0.25) is 6.04 Å². The molecule has 0 aliphatic heterocycles. The van der Waals surface area contributed by atoms with Crippen molar-refractivity contribution >= 4 is 29.2 Å². The molecule has 1 amide bonds. The van der Waals surface area contributed by atoms with Crippen LogP contribution >= 0.6 is 0 Å². The monoisotopic (exact) mass is 313 g/mol. The van der Waals surface area contributed by atoms with Crippen LogP contribution in [-0.2, 0) is 9.59 Å². The van der Waals surface area contributed by atoms with E-state index in [9.17, 15) is 34.6 Å². The van der Waals surface area contributed by atoms with Crippen molar-refractivity contribution in [1.29, 1.82) is 0 Å². The lowest BCUT2D eigenvalue weighted by molar-refractivity contribution is -0.394. The average molecular weight is 313 g/mol. The highest BCUT2D eigenvalue weighted by Crippen LogP contribution is 2.22. The van der Waals surface area contributed by atoms with Crippen molar-refractivity contribution in [3.8, 4) is 0 Å². The van der Waals surface area contributed by atoms with Gasteiger partial charge in [-0.25, -0.2) is 9.59 Å². The Morgan fingerprint density at radius 1 is 0.955 bits per heavy atom. The predicted octanol–water partition coefficient (Wildman–Crippen LogP) is -0.229. The third-order valence-corrected chi connectivity index (χ3v) is 2.36. The normalized spacial score (nSPS) is 10.0. The minimum Gasteiger partial charge on any atom is -0.479 e. The highest BCUT2D eigenvalue weighted by Gasteiger charge is 2.29. The van der Waals surface area contributed by atoms with E-state index in [1.807, 2.05) is 0 Å². The van der Waals surface area contributed by atoms with Gasteiger partial charge in [-0.2, -0.15) is 0 Å². The number of benzene rings is 1. The van der Waals surface area contributed by atoms with Gasteiger partial charge in [0.05, 0.1) is 21.5 Å². The molecule has 0 aliphatic carbocycles. The van der Waals surface area contributed by atoms with Crippen LogP contribution in [0.5, 0.6) is 0 Å². The Labute approximate surface area is 120 Å². The molecule has 0 fully saturated rings. The summed E-state index contributed by atoms with van der Waals surface area (Å²) in [5.41, 5.74) is -2.17. The Bertz CT molecular complexity index is 638. The summed E-state index contributed by atoms with van der Waals surface area (Å²) in [7, 11) is 0. The molecule has 0 aromatic heterocycles. The number of carboxylic acid groups (broad SMARTS) is 2. The second kappa shape index (κ2) is 6.25. The van der Waals surface area contributed by atoms with Crippen LogP contribution in [0.2, 0.25) is 0 Å². The van der Waals surface area contributed by atoms with Crippen molar-refractivity contribution < 1.29 is 34.4 Å². The number of nitro benzene ring substituents is 2. The molecule has 0 unspecified atom stereocenters. The molecule has 0 aliphatic rings. The van der Waals surface area contributed by atoms with Gasteiger partial charge in [0.15, 0.2) is 0 Å². The standard InChI is InChI=1S/C10H7N3O9/c14-8(11-7(9(15)16)10(17)18)4-1-5(12(19)20)3-6(2-4)13(21)22/h1-3,7H,(H,11,14)(H,15,16)(H,17,18). The summed E-state index contributed by atoms with van der Waals surface area (Å²) in [4.78, 5) is 52.3. The highest BCUT2D eigenvalue weighted by molar-refractivity contribution is 6.05. The summed E-state index contributed by atoms with van der Waals surface area (Å²) in [6.45, 7) is 0. The third-order valence-electron chi connectivity index (χ3n) is 2.36. The number of carbonyl (C=O) groups excluding carboxylic acids is 1. The van der Waals surface area contributed by atoms with Gasteiger partial charge < -0.3 is 15.5 Å². The van der Waals surface area contributed by atoms with Crippen molar-refractivity contribution in [2.75, 3.05) is 0 Å². The molecule has 0 spiro atoms. The summed E-state index contributed by atoms with van der Waals surface area (Å²) >= 11 is 0. The lowest BCUT2D eigenvalue weighted by Gasteiger charge is -2.09. The van der Waals surface area contributed by atoms with Crippen molar-refractivity contribution in [2.45, 2.75) is 6.04 Å². The first-order chi connectivity index (χ1) is 10.1. The van der Waals surface area contributed by atoms with Crippen LogP contribution in [0.15, 0.2) is 18.2 Å². The Morgan fingerprint density at radius 2 is 1.36 bits per heavy atom. The second-order valence-electron chi connectivity index (χ2n) is 3.84. The third kappa shape index (κ3) is 3.72. The van der Waals surface area contributed by atoms with E-state index in [0.29, 0.717) is 18.2 Å². The van der Waals surface area contributed by atoms with Crippen molar-refractivity contribution in [3.63, 3.8) is 0 Å². The lowest BCUT2D eigenvalue weighted by Crippen LogP contribution is -2.46. The summed E-state index contributed by atoms with van der Waals surface area (Å²) in [5.74, 6) is -5.07. The molecular weight excluding hydrogens is 306 g/mol. The lowest BCUT2D eigenvalue weighted by atomic mass is 10.1.